The van der Waals surface area contributed by atoms with Crippen molar-refractivity contribution in [2.75, 3.05) is 13.1 Å². The van der Waals surface area contributed by atoms with Crippen LogP contribution in [0.4, 0.5) is 28.9 Å². The summed E-state index contributed by atoms with van der Waals surface area (Å²) in [6, 6.07) is 20.4. The van der Waals surface area contributed by atoms with Gasteiger partial charge in [0.1, 0.15) is 0 Å². The first-order valence-corrected chi connectivity index (χ1v) is 26.3. The first-order valence-electron chi connectivity index (χ1n) is 26.3. The number of azo groups is 1. The number of unbranched alkanes of at least 4 members (excludes halogenated alkanes) is 18. The minimum absolute atomic E-state index is 0.0910. The molecule has 0 saturated carbocycles. The SMILES string of the molecule is CCCCCCCCCCCCN1C(=O)c2cccc3c(-c4cc(F)c(N=Nc5c(F)cc(-c6ccc7c8c(cccc68)C(=O)N(CCCCCCCCCCCC)C7=O)cc5F)c(F)c4)ccc(c23)C1=O. The molecular formula is C60H64F4N4O4. The first-order chi connectivity index (χ1) is 35.0. The van der Waals surface area contributed by atoms with E-state index in [4.69, 9.17) is 0 Å². The molecule has 0 aliphatic carbocycles. The predicted octanol–water partition coefficient (Wildman–Crippen LogP) is 17.3. The third-order valence-electron chi connectivity index (χ3n) is 14.4. The smallest absolute Gasteiger partial charge is 0.261 e. The number of hydrogen-bond acceptors (Lipinski definition) is 6. The van der Waals surface area contributed by atoms with Crippen molar-refractivity contribution >= 4 is 56.5 Å². The number of carbonyl (C=O) groups excluding carboxylic acids is 4. The number of benzene rings is 6. The molecule has 0 bridgehead atoms. The monoisotopic (exact) mass is 980 g/mol. The van der Waals surface area contributed by atoms with Gasteiger partial charge in [-0.15, -0.1) is 10.2 Å². The number of amides is 4. The second-order valence-electron chi connectivity index (χ2n) is 19.4. The molecule has 0 N–H and O–H groups in total. The molecule has 0 atom stereocenters. The highest BCUT2D eigenvalue weighted by Crippen LogP contribution is 2.41. The van der Waals surface area contributed by atoms with Gasteiger partial charge in [-0.2, -0.15) is 0 Å². The van der Waals surface area contributed by atoms with Crippen molar-refractivity contribution in [1.82, 2.24) is 9.80 Å². The zero-order chi connectivity index (χ0) is 50.7. The van der Waals surface area contributed by atoms with E-state index >= 15 is 17.6 Å². The average molecular weight is 981 g/mol. The van der Waals surface area contributed by atoms with Crippen LogP contribution in [0.1, 0.15) is 184 Å². The Bertz CT molecular complexity index is 2730. The molecule has 2 aliphatic rings. The lowest BCUT2D eigenvalue weighted by molar-refractivity contribution is 0.0592. The highest BCUT2D eigenvalue weighted by molar-refractivity contribution is 6.28. The predicted molar refractivity (Wildman–Crippen MR) is 277 cm³/mol. The molecule has 0 fully saturated rings. The lowest BCUT2D eigenvalue weighted by Gasteiger charge is -2.28. The third kappa shape index (κ3) is 11.2. The summed E-state index contributed by atoms with van der Waals surface area (Å²) in [6.45, 7) is 5.01. The molecule has 12 heteroatoms. The van der Waals surface area contributed by atoms with Crippen molar-refractivity contribution in [1.29, 1.82) is 0 Å². The minimum atomic E-state index is -1.16. The van der Waals surface area contributed by atoms with Gasteiger partial charge in [-0.3, -0.25) is 29.0 Å². The molecule has 0 radical (unpaired) electrons. The zero-order valence-corrected chi connectivity index (χ0v) is 41.6. The summed E-state index contributed by atoms with van der Waals surface area (Å²) in [7, 11) is 0. The molecule has 8 nitrogen and oxygen atoms in total. The topological polar surface area (TPSA) is 99.5 Å². The van der Waals surface area contributed by atoms with E-state index in [9.17, 15) is 19.2 Å². The van der Waals surface area contributed by atoms with E-state index in [-0.39, 0.29) is 11.1 Å². The quantitative estimate of drug-likeness (QED) is 0.0234. The summed E-state index contributed by atoms with van der Waals surface area (Å²) >= 11 is 0. The number of hydrogen-bond donors (Lipinski definition) is 0. The molecule has 0 spiro atoms. The van der Waals surface area contributed by atoms with Crippen molar-refractivity contribution in [3.8, 4) is 22.3 Å². The second kappa shape index (κ2) is 24.2. The van der Waals surface area contributed by atoms with E-state index in [0.717, 1.165) is 62.8 Å². The third-order valence-corrected chi connectivity index (χ3v) is 14.4. The van der Waals surface area contributed by atoms with E-state index in [1.807, 2.05) is 0 Å². The molecule has 72 heavy (non-hydrogen) atoms. The molecule has 2 aliphatic heterocycles. The Kier molecular flexibility index (Phi) is 17.4. The molecular weight excluding hydrogens is 917 g/mol. The van der Waals surface area contributed by atoms with Crippen LogP contribution < -0.4 is 0 Å². The molecule has 0 aromatic heterocycles. The molecule has 6 aromatic rings. The molecule has 376 valence electrons. The number of nitrogens with zero attached hydrogens (tertiary/aromatic N) is 4. The van der Waals surface area contributed by atoms with Crippen LogP contribution in [-0.2, 0) is 0 Å². The Balaban J connectivity index is 0.941. The Hall–Kier alpha value is -6.56. The summed E-state index contributed by atoms with van der Waals surface area (Å²) in [4.78, 5) is 57.4. The number of carbonyl (C=O) groups is 4. The van der Waals surface area contributed by atoms with Crippen LogP contribution >= 0.6 is 0 Å². The highest BCUT2D eigenvalue weighted by atomic mass is 19.1. The normalized spacial score (nSPS) is 13.5. The molecule has 4 amide bonds. The summed E-state index contributed by atoms with van der Waals surface area (Å²) in [5.74, 6) is -6.29. The van der Waals surface area contributed by atoms with E-state index in [2.05, 4.69) is 24.1 Å². The fourth-order valence-corrected chi connectivity index (χ4v) is 10.4. The number of halogens is 4. The van der Waals surface area contributed by atoms with E-state index in [0.29, 0.717) is 80.9 Å². The van der Waals surface area contributed by atoms with Gasteiger partial charge in [-0.05, 0) is 94.4 Å². The fourth-order valence-electron chi connectivity index (χ4n) is 10.4. The van der Waals surface area contributed by atoms with Crippen LogP contribution in [0.2, 0.25) is 0 Å². The van der Waals surface area contributed by atoms with Crippen LogP contribution in [0.25, 0.3) is 43.8 Å². The Morgan fingerprint density at radius 2 is 0.639 bits per heavy atom. The van der Waals surface area contributed by atoms with E-state index in [1.165, 1.54) is 86.8 Å². The summed E-state index contributed by atoms with van der Waals surface area (Å²) in [5.41, 5.74) is 0.462. The molecule has 2 heterocycles. The highest BCUT2D eigenvalue weighted by Gasteiger charge is 2.35. The molecule has 6 aromatic carbocycles. The maximum atomic E-state index is 15.8. The molecule has 0 saturated heterocycles. The van der Waals surface area contributed by atoms with Crippen LogP contribution in [0.15, 0.2) is 95.2 Å². The summed E-state index contributed by atoms with van der Waals surface area (Å²) < 4.78 is 63.3. The van der Waals surface area contributed by atoms with Gasteiger partial charge in [-0.25, -0.2) is 17.6 Å². The van der Waals surface area contributed by atoms with Gasteiger partial charge in [-0.1, -0.05) is 166 Å². The standard InChI is InChI=1S/C60H64F4N4O4/c1-3-5-7-9-11-13-15-17-19-21-33-67-57(69)45-27-23-25-43-41(29-31-47(53(43)45)59(67)71)39-35-49(61)55(50(62)36-39)65-66-56-51(63)37-40(38-52(56)64)42-30-32-48-54-44(42)26-24-28-46(54)58(70)68(60(48)72)34-22-20-18-16-14-12-10-8-6-4-2/h23-32,35-38H,3-22,33-34H2,1-2H3. The Morgan fingerprint density at radius 1 is 0.361 bits per heavy atom. The van der Waals surface area contributed by atoms with E-state index in [1.54, 1.807) is 60.7 Å². The maximum Gasteiger partial charge on any atom is 0.261 e. The zero-order valence-electron chi connectivity index (χ0n) is 41.6. The van der Waals surface area contributed by atoms with Gasteiger partial charge in [0.05, 0.1) is 0 Å². The van der Waals surface area contributed by atoms with E-state index < -0.39 is 58.3 Å². The van der Waals surface area contributed by atoms with Crippen molar-refractivity contribution in [3.63, 3.8) is 0 Å². The van der Waals surface area contributed by atoms with Gasteiger partial charge in [0, 0.05) is 46.1 Å². The number of imide groups is 2. The largest absolute Gasteiger partial charge is 0.274 e. The summed E-state index contributed by atoms with van der Waals surface area (Å²) in [5, 5.41) is 8.96. The number of rotatable bonds is 26. The minimum Gasteiger partial charge on any atom is -0.274 e. The van der Waals surface area contributed by atoms with Crippen molar-refractivity contribution in [3.05, 3.63) is 130 Å². The van der Waals surface area contributed by atoms with Crippen molar-refractivity contribution in [2.45, 2.75) is 142 Å². The van der Waals surface area contributed by atoms with Crippen molar-refractivity contribution < 1.29 is 36.7 Å². The average Bonchev–Trinajstić information content (AvgIpc) is 3.37. The van der Waals surface area contributed by atoms with Gasteiger partial charge < -0.3 is 0 Å². The lowest BCUT2D eigenvalue weighted by atomic mass is 9.89. The van der Waals surface area contributed by atoms with Crippen LogP contribution in [-0.4, -0.2) is 46.5 Å². The lowest BCUT2D eigenvalue weighted by Crippen LogP contribution is -2.40. The fraction of sp³-hybridized carbons (Fsp3) is 0.400. The van der Waals surface area contributed by atoms with Gasteiger partial charge >= 0.3 is 0 Å². The Labute approximate surface area is 419 Å². The van der Waals surface area contributed by atoms with Gasteiger partial charge in [0.15, 0.2) is 34.6 Å². The maximum absolute atomic E-state index is 15.8. The van der Waals surface area contributed by atoms with Gasteiger partial charge in [0.2, 0.25) is 0 Å². The second-order valence-corrected chi connectivity index (χ2v) is 19.4. The van der Waals surface area contributed by atoms with Gasteiger partial charge in [0.25, 0.3) is 23.6 Å². The molecule has 8 rings (SSSR count). The van der Waals surface area contributed by atoms with Crippen LogP contribution in [0.3, 0.4) is 0 Å². The van der Waals surface area contributed by atoms with Crippen molar-refractivity contribution in [2.24, 2.45) is 10.2 Å². The first kappa shape index (κ1) is 51.8. The molecule has 0 unspecified atom stereocenters. The Morgan fingerprint density at radius 3 is 0.958 bits per heavy atom. The van der Waals surface area contributed by atoms with Crippen LogP contribution in [0.5, 0.6) is 0 Å². The summed E-state index contributed by atoms with van der Waals surface area (Å²) in [6.07, 6.45) is 22.4. The van der Waals surface area contributed by atoms with Crippen LogP contribution in [0, 0.1) is 23.3 Å².